The standard InChI is InChI=1S/C19H21N5O/c1-10-7-12(3)14(8-11(10)2)16-9-17(23-22-16)20-19(25)18-13-5-4-6-15(13)21-24-18/h7-9H,4-6H2,1-3H3,(H,21,24)(H2,20,22,23,25). The molecule has 0 fully saturated rings. The second-order valence-corrected chi connectivity index (χ2v) is 6.76. The SMILES string of the molecule is Cc1cc(C)c(-c2cc(NC(=O)c3n[nH]c4c3CCC4)n[nH]2)cc1C. The van der Waals surface area contributed by atoms with Crippen LogP contribution in [0.3, 0.4) is 0 Å². The van der Waals surface area contributed by atoms with Crippen LogP contribution in [0.15, 0.2) is 18.2 Å². The number of fused-ring (bicyclic) bond motifs is 1. The molecule has 128 valence electrons. The number of aromatic amines is 2. The van der Waals surface area contributed by atoms with Gasteiger partial charge in [-0.1, -0.05) is 6.07 Å². The molecule has 0 aliphatic heterocycles. The Balaban J connectivity index is 1.57. The lowest BCUT2D eigenvalue weighted by atomic mass is 9.99. The Labute approximate surface area is 146 Å². The lowest BCUT2D eigenvalue weighted by molar-refractivity contribution is 0.102. The minimum Gasteiger partial charge on any atom is -0.304 e. The third-order valence-electron chi connectivity index (χ3n) is 4.97. The molecule has 1 aliphatic rings. The van der Waals surface area contributed by atoms with Crippen LogP contribution in [0, 0.1) is 20.8 Å². The van der Waals surface area contributed by atoms with Crippen LogP contribution in [0.2, 0.25) is 0 Å². The summed E-state index contributed by atoms with van der Waals surface area (Å²) < 4.78 is 0. The van der Waals surface area contributed by atoms with Gasteiger partial charge in [0.25, 0.3) is 5.91 Å². The van der Waals surface area contributed by atoms with Crippen molar-refractivity contribution in [2.45, 2.75) is 40.0 Å². The van der Waals surface area contributed by atoms with E-state index < -0.39 is 0 Å². The molecule has 0 saturated carbocycles. The van der Waals surface area contributed by atoms with Crippen LogP contribution in [0.25, 0.3) is 11.3 Å². The molecule has 6 nitrogen and oxygen atoms in total. The molecule has 1 amide bonds. The van der Waals surface area contributed by atoms with Gasteiger partial charge in [-0.3, -0.25) is 15.0 Å². The predicted octanol–water partition coefficient (Wildman–Crippen LogP) is 3.47. The molecule has 6 heteroatoms. The van der Waals surface area contributed by atoms with Gasteiger partial charge in [-0.25, -0.2) is 0 Å². The first-order chi connectivity index (χ1) is 12.0. The quantitative estimate of drug-likeness (QED) is 0.685. The number of anilines is 1. The number of aryl methyl sites for hydroxylation is 4. The van der Waals surface area contributed by atoms with Gasteiger partial charge in [0.1, 0.15) is 0 Å². The zero-order valence-electron chi connectivity index (χ0n) is 14.7. The molecular formula is C19H21N5O. The molecule has 3 aromatic rings. The van der Waals surface area contributed by atoms with Gasteiger partial charge in [0.2, 0.25) is 0 Å². The number of aromatic nitrogens is 4. The molecule has 0 bridgehead atoms. The molecule has 25 heavy (non-hydrogen) atoms. The van der Waals surface area contributed by atoms with Crippen LogP contribution in [0.5, 0.6) is 0 Å². The number of rotatable bonds is 3. The second-order valence-electron chi connectivity index (χ2n) is 6.76. The van der Waals surface area contributed by atoms with Crippen molar-refractivity contribution in [3.05, 3.63) is 51.8 Å². The molecule has 3 N–H and O–H groups in total. The highest BCUT2D eigenvalue weighted by molar-refractivity contribution is 6.03. The maximum Gasteiger partial charge on any atom is 0.277 e. The van der Waals surface area contributed by atoms with Gasteiger partial charge in [0.05, 0.1) is 5.69 Å². The molecular weight excluding hydrogens is 314 g/mol. The summed E-state index contributed by atoms with van der Waals surface area (Å²) in [6.45, 7) is 6.27. The van der Waals surface area contributed by atoms with Gasteiger partial charge in [-0.15, -0.1) is 0 Å². The monoisotopic (exact) mass is 335 g/mol. The van der Waals surface area contributed by atoms with Crippen molar-refractivity contribution in [3.8, 4) is 11.3 Å². The minimum absolute atomic E-state index is 0.214. The molecule has 0 saturated heterocycles. The van der Waals surface area contributed by atoms with Crippen LogP contribution in [-0.4, -0.2) is 26.3 Å². The Kier molecular flexibility index (Phi) is 3.67. The fourth-order valence-corrected chi connectivity index (χ4v) is 3.46. The third kappa shape index (κ3) is 2.73. The van der Waals surface area contributed by atoms with E-state index >= 15 is 0 Å². The fraction of sp³-hybridized carbons (Fsp3) is 0.316. The van der Waals surface area contributed by atoms with Crippen molar-refractivity contribution < 1.29 is 4.79 Å². The van der Waals surface area contributed by atoms with E-state index in [1.807, 2.05) is 6.07 Å². The summed E-state index contributed by atoms with van der Waals surface area (Å²) in [5.41, 5.74) is 8.26. The molecule has 4 rings (SSSR count). The molecule has 0 spiro atoms. The zero-order valence-corrected chi connectivity index (χ0v) is 14.7. The lowest BCUT2D eigenvalue weighted by Gasteiger charge is -2.07. The van der Waals surface area contributed by atoms with Gasteiger partial charge in [0.15, 0.2) is 11.5 Å². The number of nitrogens with zero attached hydrogens (tertiary/aromatic N) is 2. The second kappa shape index (κ2) is 5.88. The Morgan fingerprint density at radius 2 is 1.80 bits per heavy atom. The summed E-state index contributed by atoms with van der Waals surface area (Å²) in [5, 5.41) is 17.2. The summed E-state index contributed by atoms with van der Waals surface area (Å²) in [6.07, 6.45) is 2.94. The van der Waals surface area contributed by atoms with E-state index in [0.29, 0.717) is 11.5 Å². The van der Waals surface area contributed by atoms with Gasteiger partial charge < -0.3 is 5.32 Å². The van der Waals surface area contributed by atoms with Crippen molar-refractivity contribution >= 4 is 11.7 Å². The van der Waals surface area contributed by atoms with E-state index in [1.165, 1.54) is 16.7 Å². The number of hydrogen-bond acceptors (Lipinski definition) is 3. The summed E-state index contributed by atoms with van der Waals surface area (Å²) in [6, 6.07) is 6.17. The maximum absolute atomic E-state index is 12.5. The summed E-state index contributed by atoms with van der Waals surface area (Å²) in [5.74, 6) is 0.293. The van der Waals surface area contributed by atoms with Crippen molar-refractivity contribution in [1.82, 2.24) is 20.4 Å². The van der Waals surface area contributed by atoms with Crippen LogP contribution in [-0.2, 0) is 12.8 Å². The average molecular weight is 335 g/mol. The van der Waals surface area contributed by atoms with E-state index in [2.05, 4.69) is 58.6 Å². The zero-order chi connectivity index (χ0) is 17.6. The van der Waals surface area contributed by atoms with Crippen molar-refractivity contribution in [2.24, 2.45) is 0 Å². The normalized spacial score (nSPS) is 13.1. The lowest BCUT2D eigenvalue weighted by Crippen LogP contribution is -2.14. The molecule has 0 unspecified atom stereocenters. The number of nitrogens with one attached hydrogen (secondary N) is 3. The van der Waals surface area contributed by atoms with E-state index in [-0.39, 0.29) is 5.91 Å². The number of carbonyl (C=O) groups excluding carboxylic acids is 1. The van der Waals surface area contributed by atoms with Crippen molar-refractivity contribution in [2.75, 3.05) is 5.32 Å². The Hall–Kier alpha value is -2.89. The van der Waals surface area contributed by atoms with Gasteiger partial charge in [-0.05, 0) is 62.8 Å². The highest BCUT2D eigenvalue weighted by Crippen LogP contribution is 2.27. The Morgan fingerprint density at radius 3 is 2.64 bits per heavy atom. The molecule has 0 radical (unpaired) electrons. The van der Waals surface area contributed by atoms with Crippen LogP contribution in [0.4, 0.5) is 5.82 Å². The highest BCUT2D eigenvalue weighted by Gasteiger charge is 2.23. The molecule has 0 atom stereocenters. The average Bonchev–Trinajstić information content (AvgIpc) is 3.27. The third-order valence-corrected chi connectivity index (χ3v) is 4.97. The number of benzene rings is 1. The fourth-order valence-electron chi connectivity index (χ4n) is 3.46. The topological polar surface area (TPSA) is 86.5 Å². The van der Waals surface area contributed by atoms with Crippen LogP contribution in [0.1, 0.15) is 44.9 Å². The molecule has 1 aromatic carbocycles. The van der Waals surface area contributed by atoms with Gasteiger partial charge >= 0.3 is 0 Å². The number of carbonyl (C=O) groups is 1. The van der Waals surface area contributed by atoms with E-state index in [1.54, 1.807) is 0 Å². The molecule has 1 aliphatic carbocycles. The van der Waals surface area contributed by atoms with Gasteiger partial charge in [0, 0.05) is 22.9 Å². The first-order valence-corrected chi connectivity index (χ1v) is 8.54. The van der Waals surface area contributed by atoms with E-state index in [9.17, 15) is 4.79 Å². The van der Waals surface area contributed by atoms with Gasteiger partial charge in [-0.2, -0.15) is 10.2 Å². The number of amides is 1. The van der Waals surface area contributed by atoms with E-state index in [0.717, 1.165) is 41.8 Å². The van der Waals surface area contributed by atoms with E-state index in [4.69, 9.17) is 0 Å². The summed E-state index contributed by atoms with van der Waals surface area (Å²) in [4.78, 5) is 12.5. The first-order valence-electron chi connectivity index (χ1n) is 8.54. The smallest absolute Gasteiger partial charge is 0.277 e. The largest absolute Gasteiger partial charge is 0.304 e. The molecule has 2 heterocycles. The highest BCUT2D eigenvalue weighted by atomic mass is 16.2. The number of hydrogen-bond donors (Lipinski definition) is 3. The Bertz CT molecular complexity index is 966. The predicted molar refractivity (Wildman–Crippen MR) is 96.8 cm³/mol. The van der Waals surface area contributed by atoms with Crippen LogP contribution >= 0.6 is 0 Å². The van der Waals surface area contributed by atoms with Crippen molar-refractivity contribution in [1.29, 1.82) is 0 Å². The maximum atomic E-state index is 12.5. The molecule has 2 aromatic heterocycles. The number of H-pyrrole nitrogens is 2. The minimum atomic E-state index is -0.214. The van der Waals surface area contributed by atoms with Crippen molar-refractivity contribution in [3.63, 3.8) is 0 Å². The summed E-state index contributed by atoms with van der Waals surface area (Å²) in [7, 11) is 0. The Morgan fingerprint density at radius 1 is 1.00 bits per heavy atom. The summed E-state index contributed by atoms with van der Waals surface area (Å²) >= 11 is 0. The first kappa shape index (κ1) is 15.6. The van der Waals surface area contributed by atoms with Crippen LogP contribution < -0.4 is 5.32 Å².